The highest BCUT2D eigenvalue weighted by atomic mass is 79.9. The molecule has 0 bridgehead atoms. The lowest BCUT2D eigenvalue weighted by atomic mass is 10.2. The molecule has 2 rings (SSSR count). The number of amides is 1. The zero-order chi connectivity index (χ0) is 16.7. The second-order valence-electron chi connectivity index (χ2n) is 4.90. The molecule has 0 aliphatic heterocycles. The highest BCUT2D eigenvalue weighted by Crippen LogP contribution is 2.21. The van der Waals surface area contributed by atoms with Gasteiger partial charge in [0.2, 0.25) is 0 Å². The average Bonchev–Trinajstić information content (AvgIpc) is 2.53. The molecule has 6 heteroatoms. The number of carbonyl (C=O) groups is 1. The third-order valence-corrected chi connectivity index (χ3v) is 3.55. The summed E-state index contributed by atoms with van der Waals surface area (Å²) in [4.78, 5) is 11.8. The summed E-state index contributed by atoms with van der Waals surface area (Å²) in [7, 11) is 1.59. The Morgan fingerprint density at radius 1 is 1.30 bits per heavy atom. The van der Waals surface area contributed by atoms with Crippen LogP contribution >= 0.6 is 15.9 Å². The molecule has 0 fully saturated rings. The maximum Gasteiger partial charge on any atom is 0.259 e. The van der Waals surface area contributed by atoms with E-state index in [1.54, 1.807) is 13.3 Å². The number of carbonyl (C=O) groups excluding carboxylic acids is 1. The van der Waals surface area contributed by atoms with Crippen LogP contribution in [0.25, 0.3) is 0 Å². The minimum absolute atomic E-state index is 0.149. The zero-order valence-corrected chi connectivity index (χ0v) is 14.6. The summed E-state index contributed by atoms with van der Waals surface area (Å²) >= 11 is 3.39. The molecule has 0 saturated carbocycles. The van der Waals surface area contributed by atoms with Crippen LogP contribution in [0.1, 0.15) is 11.1 Å². The Labute approximate surface area is 143 Å². The molecule has 0 atom stereocenters. The topological polar surface area (TPSA) is 62.7 Å². The fraction of sp³-hybridized carbons (Fsp3) is 0.176. The molecule has 5 nitrogen and oxygen atoms in total. The minimum atomic E-state index is -0.225. The Morgan fingerprint density at radius 3 is 2.87 bits per heavy atom. The molecule has 0 aliphatic rings. The molecule has 0 radical (unpaired) electrons. The summed E-state index contributed by atoms with van der Waals surface area (Å²) in [5.74, 6) is 0.459. The normalized spacial score (nSPS) is 10.6. The molecule has 0 aromatic heterocycles. The molecule has 0 heterocycles. The van der Waals surface area contributed by atoms with Gasteiger partial charge in [0, 0.05) is 15.7 Å². The summed E-state index contributed by atoms with van der Waals surface area (Å²) < 4.78 is 6.15. The van der Waals surface area contributed by atoms with Crippen LogP contribution in [0, 0.1) is 6.92 Å². The van der Waals surface area contributed by atoms with Gasteiger partial charge in [-0.15, -0.1) is 0 Å². The van der Waals surface area contributed by atoms with Crippen LogP contribution in [0.4, 0.5) is 5.69 Å². The van der Waals surface area contributed by atoms with Gasteiger partial charge in [0.05, 0.1) is 19.9 Å². The number of aryl methyl sites for hydroxylation is 1. The average molecular weight is 376 g/mol. The number of nitrogens with zero attached hydrogens (tertiary/aromatic N) is 1. The van der Waals surface area contributed by atoms with Crippen LogP contribution in [0.3, 0.4) is 0 Å². The van der Waals surface area contributed by atoms with Gasteiger partial charge in [-0.25, -0.2) is 5.43 Å². The molecule has 0 spiro atoms. The fourth-order valence-electron chi connectivity index (χ4n) is 1.96. The van der Waals surface area contributed by atoms with Crippen LogP contribution in [-0.4, -0.2) is 25.8 Å². The fourth-order valence-corrected chi connectivity index (χ4v) is 2.34. The van der Waals surface area contributed by atoms with Crippen LogP contribution in [-0.2, 0) is 4.79 Å². The molecule has 0 saturated heterocycles. The molecule has 0 aliphatic carbocycles. The van der Waals surface area contributed by atoms with Crippen molar-refractivity contribution in [2.75, 3.05) is 19.0 Å². The van der Waals surface area contributed by atoms with Gasteiger partial charge in [-0.2, -0.15) is 5.10 Å². The number of ether oxygens (including phenoxy) is 1. The van der Waals surface area contributed by atoms with Gasteiger partial charge in [0.1, 0.15) is 5.75 Å². The zero-order valence-electron chi connectivity index (χ0n) is 13.0. The summed E-state index contributed by atoms with van der Waals surface area (Å²) in [6.07, 6.45) is 1.55. The molecular formula is C17H18BrN3O2. The van der Waals surface area contributed by atoms with Crippen LogP contribution in [0.5, 0.6) is 5.75 Å². The van der Waals surface area contributed by atoms with E-state index in [0.717, 1.165) is 21.3 Å². The van der Waals surface area contributed by atoms with Gasteiger partial charge in [0.25, 0.3) is 5.91 Å². The van der Waals surface area contributed by atoms with E-state index < -0.39 is 0 Å². The minimum Gasteiger partial charge on any atom is -0.496 e. The first-order chi connectivity index (χ1) is 11.1. The van der Waals surface area contributed by atoms with Gasteiger partial charge >= 0.3 is 0 Å². The molecule has 0 unspecified atom stereocenters. The van der Waals surface area contributed by atoms with Crippen molar-refractivity contribution in [3.63, 3.8) is 0 Å². The van der Waals surface area contributed by atoms with Crippen molar-refractivity contribution in [1.82, 2.24) is 5.43 Å². The van der Waals surface area contributed by atoms with Crippen molar-refractivity contribution in [3.05, 3.63) is 58.1 Å². The first-order valence-corrected chi connectivity index (χ1v) is 7.84. The molecule has 23 heavy (non-hydrogen) atoms. The molecular weight excluding hydrogens is 358 g/mol. The summed E-state index contributed by atoms with van der Waals surface area (Å²) in [6.45, 7) is 2.15. The number of rotatable bonds is 6. The van der Waals surface area contributed by atoms with Crippen molar-refractivity contribution < 1.29 is 9.53 Å². The second kappa shape index (κ2) is 8.33. The molecule has 1 amide bonds. The number of hydrogen-bond acceptors (Lipinski definition) is 4. The number of anilines is 1. The maximum atomic E-state index is 11.8. The van der Waals surface area contributed by atoms with Gasteiger partial charge < -0.3 is 10.1 Å². The number of halogens is 1. The van der Waals surface area contributed by atoms with E-state index in [-0.39, 0.29) is 12.5 Å². The Balaban J connectivity index is 1.88. The molecule has 2 N–H and O–H groups in total. The van der Waals surface area contributed by atoms with Crippen LogP contribution in [0.2, 0.25) is 0 Å². The van der Waals surface area contributed by atoms with E-state index in [1.807, 2.05) is 49.4 Å². The third kappa shape index (κ3) is 5.41. The van der Waals surface area contributed by atoms with Gasteiger partial charge in [-0.05, 0) is 42.8 Å². The summed E-state index contributed by atoms with van der Waals surface area (Å²) in [6, 6.07) is 13.4. The number of benzene rings is 2. The summed E-state index contributed by atoms with van der Waals surface area (Å²) in [5, 5.41) is 7.00. The number of hydrazone groups is 1. The van der Waals surface area contributed by atoms with E-state index in [9.17, 15) is 4.79 Å². The highest BCUT2D eigenvalue weighted by molar-refractivity contribution is 9.10. The number of nitrogens with one attached hydrogen (secondary N) is 2. The summed E-state index contributed by atoms with van der Waals surface area (Å²) in [5.41, 5.74) is 5.29. The standard InChI is InChI=1S/C17H18BrN3O2/c1-12-4-3-5-15(8-12)19-11-17(22)21-20-10-13-9-14(18)6-7-16(13)23-2/h3-10,19H,11H2,1-2H3,(H,21,22)/b20-10-. The first-order valence-electron chi connectivity index (χ1n) is 7.04. The molecule has 2 aromatic rings. The van der Waals surface area contributed by atoms with E-state index in [0.29, 0.717) is 5.75 Å². The Hall–Kier alpha value is -2.34. The third-order valence-electron chi connectivity index (χ3n) is 3.06. The smallest absolute Gasteiger partial charge is 0.259 e. The SMILES string of the molecule is COc1ccc(Br)cc1/C=N\NC(=O)CNc1cccc(C)c1. The Morgan fingerprint density at radius 2 is 2.13 bits per heavy atom. The van der Waals surface area contributed by atoms with Crippen molar-refractivity contribution in [3.8, 4) is 5.75 Å². The van der Waals surface area contributed by atoms with Gasteiger partial charge in [0.15, 0.2) is 0 Å². The van der Waals surface area contributed by atoms with E-state index in [4.69, 9.17) is 4.74 Å². The van der Waals surface area contributed by atoms with Crippen molar-refractivity contribution >= 4 is 33.7 Å². The van der Waals surface area contributed by atoms with Gasteiger partial charge in [-0.3, -0.25) is 4.79 Å². The van der Waals surface area contributed by atoms with Crippen molar-refractivity contribution in [1.29, 1.82) is 0 Å². The predicted molar refractivity (Wildman–Crippen MR) is 96.1 cm³/mol. The van der Waals surface area contributed by atoms with E-state index in [2.05, 4.69) is 31.8 Å². The largest absolute Gasteiger partial charge is 0.496 e. The second-order valence-corrected chi connectivity index (χ2v) is 5.82. The van der Waals surface area contributed by atoms with E-state index in [1.165, 1.54) is 0 Å². The van der Waals surface area contributed by atoms with E-state index >= 15 is 0 Å². The van der Waals surface area contributed by atoms with Crippen molar-refractivity contribution in [2.45, 2.75) is 6.92 Å². The van der Waals surface area contributed by atoms with Crippen LogP contribution in [0.15, 0.2) is 52.0 Å². The molecule has 120 valence electrons. The first kappa shape index (κ1) is 17.0. The lowest BCUT2D eigenvalue weighted by Gasteiger charge is -2.06. The lowest BCUT2D eigenvalue weighted by molar-refractivity contribution is -0.119. The quantitative estimate of drug-likeness (QED) is 0.601. The van der Waals surface area contributed by atoms with Crippen LogP contribution < -0.4 is 15.5 Å². The monoisotopic (exact) mass is 375 g/mol. The highest BCUT2D eigenvalue weighted by Gasteiger charge is 2.02. The van der Waals surface area contributed by atoms with Gasteiger partial charge in [-0.1, -0.05) is 28.1 Å². The maximum absolute atomic E-state index is 11.8. The number of methoxy groups -OCH3 is 1. The Bertz CT molecular complexity index is 717. The predicted octanol–water partition coefficient (Wildman–Crippen LogP) is 3.33. The lowest BCUT2D eigenvalue weighted by Crippen LogP contribution is -2.25. The molecule has 2 aromatic carbocycles. The Kier molecular flexibility index (Phi) is 6.17. The van der Waals surface area contributed by atoms with Crippen molar-refractivity contribution in [2.24, 2.45) is 5.10 Å². The number of hydrogen-bond donors (Lipinski definition) is 2.